The van der Waals surface area contributed by atoms with Gasteiger partial charge in [0.15, 0.2) is 0 Å². The summed E-state index contributed by atoms with van der Waals surface area (Å²) in [6, 6.07) is 0. The maximum absolute atomic E-state index is 9.63. The van der Waals surface area contributed by atoms with Crippen molar-refractivity contribution in [3.05, 3.63) is 0 Å². The zero-order chi connectivity index (χ0) is 8.27. The normalized spacial score (nSPS) is 35.2. The van der Waals surface area contributed by atoms with Crippen LogP contribution >= 0.6 is 0 Å². The van der Waals surface area contributed by atoms with Crippen molar-refractivity contribution in [3.8, 4) is 0 Å². The Labute approximate surface area is 69.0 Å². The highest BCUT2D eigenvalue weighted by Crippen LogP contribution is 2.22. The minimum absolute atomic E-state index is 0.0637. The lowest BCUT2D eigenvalue weighted by molar-refractivity contribution is 0.0497. The Bertz CT molecular complexity index is 112. The van der Waals surface area contributed by atoms with Gasteiger partial charge >= 0.3 is 0 Å². The van der Waals surface area contributed by atoms with E-state index in [1.807, 2.05) is 0 Å². The Balaban J connectivity index is 2.40. The molecule has 1 saturated heterocycles. The number of rotatable bonds is 2. The molecule has 0 aromatic rings. The van der Waals surface area contributed by atoms with Crippen LogP contribution in [-0.4, -0.2) is 24.3 Å². The van der Waals surface area contributed by atoms with Crippen LogP contribution in [0.2, 0.25) is 0 Å². The second-order valence-electron chi connectivity index (χ2n) is 3.61. The van der Waals surface area contributed by atoms with Crippen LogP contribution in [0.25, 0.3) is 0 Å². The lowest BCUT2D eigenvalue weighted by atomic mass is 9.84. The smallest absolute Gasteiger partial charge is 0.0595 e. The third-order valence-electron chi connectivity index (χ3n) is 2.87. The van der Waals surface area contributed by atoms with Gasteiger partial charge in [-0.05, 0) is 24.8 Å². The summed E-state index contributed by atoms with van der Waals surface area (Å²) >= 11 is 0. The average molecular weight is 157 g/mol. The molecule has 2 N–H and O–H groups in total. The fourth-order valence-corrected chi connectivity index (χ4v) is 1.75. The summed E-state index contributed by atoms with van der Waals surface area (Å²) < 4.78 is 0. The van der Waals surface area contributed by atoms with E-state index in [1.54, 1.807) is 0 Å². The van der Waals surface area contributed by atoms with Gasteiger partial charge in [0.1, 0.15) is 0 Å². The van der Waals surface area contributed by atoms with Crippen LogP contribution in [-0.2, 0) is 0 Å². The molecule has 1 rings (SSSR count). The first kappa shape index (κ1) is 9.01. The lowest BCUT2D eigenvalue weighted by Gasteiger charge is -2.32. The molecule has 0 saturated carbocycles. The number of piperidine rings is 1. The maximum Gasteiger partial charge on any atom is 0.0595 e. The van der Waals surface area contributed by atoms with Crippen LogP contribution in [0.15, 0.2) is 0 Å². The van der Waals surface area contributed by atoms with Crippen LogP contribution in [0, 0.1) is 11.8 Å². The van der Waals surface area contributed by atoms with Crippen LogP contribution < -0.4 is 5.32 Å². The number of nitrogens with one attached hydrogen (secondary N) is 1. The number of hydrogen-bond donors (Lipinski definition) is 2. The van der Waals surface area contributed by atoms with E-state index < -0.39 is 0 Å². The van der Waals surface area contributed by atoms with Crippen molar-refractivity contribution in [1.29, 1.82) is 0 Å². The largest absolute Gasteiger partial charge is 0.393 e. The van der Waals surface area contributed by atoms with E-state index in [0.29, 0.717) is 11.8 Å². The summed E-state index contributed by atoms with van der Waals surface area (Å²) in [6.45, 7) is 6.39. The Morgan fingerprint density at radius 1 is 1.64 bits per heavy atom. The van der Waals surface area contributed by atoms with Crippen molar-refractivity contribution in [2.24, 2.45) is 11.8 Å². The molecule has 1 fully saturated rings. The van der Waals surface area contributed by atoms with Gasteiger partial charge in [0.25, 0.3) is 0 Å². The van der Waals surface area contributed by atoms with Gasteiger partial charge in [0, 0.05) is 6.54 Å². The molecule has 2 nitrogen and oxygen atoms in total. The zero-order valence-electron chi connectivity index (χ0n) is 7.51. The summed E-state index contributed by atoms with van der Waals surface area (Å²) in [7, 11) is 0. The van der Waals surface area contributed by atoms with E-state index in [4.69, 9.17) is 0 Å². The molecule has 0 aromatic carbocycles. The lowest BCUT2D eigenvalue weighted by Crippen LogP contribution is -2.42. The van der Waals surface area contributed by atoms with Crippen molar-refractivity contribution in [2.45, 2.75) is 32.8 Å². The van der Waals surface area contributed by atoms with Crippen molar-refractivity contribution in [3.63, 3.8) is 0 Å². The predicted octanol–water partition coefficient (Wildman–Crippen LogP) is 1.00. The molecular weight excluding hydrogens is 138 g/mol. The fraction of sp³-hybridized carbons (Fsp3) is 1.00. The van der Waals surface area contributed by atoms with Gasteiger partial charge in [-0.2, -0.15) is 0 Å². The van der Waals surface area contributed by atoms with Crippen molar-refractivity contribution in [2.75, 3.05) is 13.1 Å². The summed E-state index contributed by atoms with van der Waals surface area (Å²) in [5.74, 6) is 1.13. The molecule has 0 radical (unpaired) electrons. The fourth-order valence-electron chi connectivity index (χ4n) is 1.75. The number of hydrogen-bond acceptors (Lipinski definition) is 2. The summed E-state index contributed by atoms with van der Waals surface area (Å²) in [6.07, 6.45) is 2.03. The van der Waals surface area contributed by atoms with Gasteiger partial charge in [0.05, 0.1) is 6.10 Å². The Kier molecular flexibility index (Phi) is 3.34. The average Bonchev–Trinajstić information content (AvgIpc) is 2.04. The topological polar surface area (TPSA) is 32.3 Å². The maximum atomic E-state index is 9.63. The van der Waals surface area contributed by atoms with E-state index in [2.05, 4.69) is 19.2 Å². The van der Waals surface area contributed by atoms with Crippen molar-refractivity contribution < 1.29 is 5.11 Å². The van der Waals surface area contributed by atoms with E-state index in [1.165, 1.54) is 6.42 Å². The molecule has 3 unspecified atom stereocenters. The number of aliphatic hydroxyl groups excluding tert-OH is 1. The van der Waals surface area contributed by atoms with Gasteiger partial charge in [-0.1, -0.05) is 20.3 Å². The molecule has 2 heteroatoms. The summed E-state index contributed by atoms with van der Waals surface area (Å²) in [5, 5.41) is 13.0. The van der Waals surface area contributed by atoms with E-state index in [9.17, 15) is 5.11 Å². The monoisotopic (exact) mass is 157 g/mol. The van der Waals surface area contributed by atoms with Gasteiger partial charge in [-0.25, -0.2) is 0 Å². The van der Waals surface area contributed by atoms with E-state index in [0.717, 1.165) is 19.5 Å². The van der Waals surface area contributed by atoms with Crippen molar-refractivity contribution >= 4 is 0 Å². The predicted molar refractivity (Wildman–Crippen MR) is 46.4 cm³/mol. The van der Waals surface area contributed by atoms with Crippen LogP contribution in [0.4, 0.5) is 0 Å². The molecule has 0 amide bonds. The second kappa shape index (κ2) is 4.07. The zero-order valence-corrected chi connectivity index (χ0v) is 7.51. The molecule has 0 aromatic heterocycles. The van der Waals surface area contributed by atoms with Crippen molar-refractivity contribution in [1.82, 2.24) is 5.32 Å². The van der Waals surface area contributed by atoms with Gasteiger partial charge in [-0.15, -0.1) is 0 Å². The molecule has 1 aliphatic heterocycles. The molecule has 0 bridgehead atoms. The van der Waals surface area contributed by atoms with Gasteiger partial charge < -0.3 is 10.4 Å². The Morgan fingerprint density at radius 3 is 2.91 bits per heavy atom. The first-order valence-corrected chi connectivity index (χ1v) is 4.64. The molecule has 66 valence electrons. The SMILES string of the molecule is CCC(C)C1CNCCC1O. The molecule has 1 aliphatic rings. The second-order valence-corrected chi connectivity index (χ2v) is 3.61. The third kappa shape index (κ3) is 2.17. The Morgan fingerprint density at radius 2 is 2.36 bits per heavy atom. The molecule has 0 spiro atoms. The van der Waals surface area contributed by atoms with Crippen LogP contribution in [0.5, 0.6) is 0 Å². The molecule has 3 atom stereocenters. The third-order valence-corrected chi connectivity index (χ3v) is 2.87. The molecule has 0 aliphatic carbocycles. The van der Waals surface area contributed by atoms with E-state index in [-0.39, 0.29) is 6.10 Å². The minimum Gasteiger partial charge on any atom is -0.393 e. The number of aliphatic hydroxyl groups is 1. The minimum atomic E-state index is -0.0637. The van der Waals surface area contributed by atoms with Crippen LogP contribution in [0.3, 0.4) is 0 Å². The van der Waals surface area contributed by atoms with Crippen LogP contribution in [0.1, 0.15) is 26.7 Å². The summed E-state index contributed by atoms with van der Waals surface area (Å²) in [5.41, 5.74) is 0. The highest BCUT2D eigenvalue weighted by Gasteiger charge is 2.26. The molecular formula is C9H19NO. The van der Waals surface area contributed by atoms with Gasteiger partial charge in [-0.3, -0.25) is 0 Å². The standard InChI is InChI=1S/C9H19NO/c1-3-7(2)8-6-10-5-4-9(8)11/h7-11H,3-6H2,1-2H3. The first-order chi connectivity index (χ1) is 5.25. The highest BCUT2D eigenvalue weighted by molar-refractivity contribution is 4.80. The first-order valence-electron chi connectivity index (χ1n) is 4.64. The summed E-state index contributed by atoms with van der Waals surface area (Å²) in [4.78, 5) is 0. The van der Waals surface area contributed by atoms with Gasteiger partial charge in [0.2, 0.25) is 0 Å². The highest BCUT2D eigenvalue weighted by atomic mass is 16.3. The Hall–Kier alpha value is -0.0800. The molecule has 11 heavy (non-hydrogen) atoms. The quantitative estimate of drug-likeness (QED) is 0.627. The van der Waals surface area contributed by atoms with E-state index >= 15 is 0 Å². The molecule has 1 heterocycles.